The number of hydrogen-bond acceptors (Lipinski definition) is 2. The molecule has 0 unspecified atom stereocenters. The molecule has 2 heteroatoms. The molecule has 0 aliphatic carbocycles. The van der Waals surface area contributed by atoms with Crippen molar-refractivity contribution < 1.29 is 0 Å². The maximum atomic E-state index is 5.44. The van der Waals surface area contributed by atoms with Crippen LogP contribution in [0.2, 0.25) is 0 Å². The van der Waals surface area contributed by atoms with Crippen molar-refractivity contribution in [2.24, 2.45) is 5.73 Å². The molecular formula is C11H26N2. The van der Waals surface area contributed by atoms with E-state index in [2.05, 4.69) is 26.1 Å². The second-order valence-electron chi connectivity index (χ2n) is 4.41. The summed E-state index contributed by atoms with van der Waals surface area (Å²) in [6.07, 6.45) is 6.34. The highest BCUT2D eigenvalue weighted by Crippen LogP contribution is 2.13. The summed E-state index contributed by atoms with van der Waals surface area (Å²) in [5.74, 6) is 0. The Morgan fingerprint density at radius 2 is 1.85 bits per heavy atom. The van der Waals surface area contributed by atoms with Gasteiger partial charge < -0.3 is 11.1 Å². The van der Waals surface area contributed by atoms with Crippen LogP contribution in [0.5, 0.6) is 0 Å². The van der Waals surface area contributed by atoms with Crippen molar-refractivity contribution in [2.75, 3.05) is 13.1 Å². The van der Waals surface area contributed by atoms with Crippen molar-refractivity contribution >= 4 is 0 Å². The molecule has 0 atom stereocenters. The van der Waals surface area contributed by atoms with Crippen molar-refractivity contribution in [3.05, 3.63) is 0 Å². The molecule has 0 aromatic heterocycles. The van der Waals surface area contributed by atoms with Crippen LogP contribution in [0.3, 0.4) is 0 Å². The first kappa shape index (κ1) is 12.9. The van der Waals surface area contributed by atoms with Gasteiger partial charge in [-0.25, -0.2) is 0 Å². The predicted octanol–water partition coefficient (Wildman–Crippen LogP) is 2.28. The highest BCUT2D eigenvalue weighted by molar-refractivity contribution is 4.76. The van der Waals surface area contributed by atoms with Gasteiger partial charge in [-0.05, 0) is 39.8 Å². The maximum Gasteiger partial charge on any atom is 0.0125 e. The van der Waals surface area contributed by atoms with Crippen LogP contribution in [0.4, 0.5) is 0 Å². The van der Waals surface area contributed by atoms with Crippen molar-refractivity contribution in [1.29, 1.82) is 0 Å². The summed E-state index contributed by atoms with van der Waals surface area (Å²) in [5, 5.41) is 3.54. The molecule has 0 aromatic rings. The van der Waals surface area contributed by atoms with E-state index in [1.54, 1.807) is 0 Å². The van der Waals surface area contributed by atoms with Gasteiger partial charge in [-0.3, -0.25) is 0 Å². The standard InChI is InChI=1S/C11H26N2/c1-4-5-6-8-11(2,3)13-10-7-9-12/h13H,4-10,12H2,1-3H3. The van der Waals surface area contributed by atoms with Gasteiger partial charge in [-0.2, -0.15) is 0 Å². The molecule has 0 amide bonds. The summed E-state index contributed by atoms with van der Waals surface area (Å²) < 4.78 is 0. The van der Waals surface area contributed by atoms with E-state index in [1.807, 2.05) is 0 Å². The zero-order valence-electron chi connectivity index (χ0n) is 9.53. The molecule has 0 radical (unpaired) electrons. The molecule has 13 heavy (non-hydrogen) atoms. The van der Waals surface area contributed by atoms with Crippen molar-refractivity contribution in [3.8, 4) is 0 Å². The summed E-state index contributed by atoms with van der Waals surface area (Å²) in [6.45, 7) is 8.64. The Labute approximate surface area is 83.3 Å². The molecule has 0 heterocycles. The molecular weight excluding hydrogens is 160 g/mol. The lowest BCUT2D eigenvalue weighted by Crippen LogP contribution is -2.40. The fraction of sp³-hybridized carbons (Fsp3) is 1.00. The first-order valence-electron chi connectivity index (χ1n) is 5.57. The van der Waals surface area contributed by atoms with Crippen molar-refractivity contribution in [3.63, 3.8) is 0 Å². The van der Waals surface area contributed by atoms with Crippen LogP contribution < -0.4 is 11.1 Å². The van der Waals surface area contributed by atoms with E-state index in [0.29, 0.717) is 5.54 Å². The smallest absolute Gasteiger partial charge is 0.0125 e. The minimum atomic E-state index is 0.296. The molecule has 0 aliphatic rings. The normalized spacial score (nSPS) is 12.0. The minimum Gasteiger partial charge on any atom is -0.330 e. The van der Waals surface area contributed by atoms with Crippen LogP contribution in [-0.4, -0.2) is 18.6 Å². The third kappa shape index (κ3) is 8.26. The summed E-state index contributed by atoms with van der Waals surface area (Å²) in [6, 6.07) is 0. The average molecular weight is 186 g/mol. The van der Waals surface area contributed by atoms with Crippen molar-refractivity contribution in [2.45, 2.75) is 58.4 Å². The van der Waals surface area contributed by atoms with Crippen LogP contribution in [0.15, 0.2) is 0 Å². The van der Waals surface area contributed by atoms with E-state index in [1.165, 1.54) is 25.7 Å². The largest absolute Gasteiger partial charge is 0.330 e. The van der Waals surface area contributed by atoms with E-state index >= 15 is 0 Å². The minimum absolute atomic E-state index is 0.296. The topological polar surface area (TPSA) is 38.0 Å². The van der Waals surface area contributed by atoms with Crippen LogP contribution in [0.1, 0.15) is 52.9 Å². The van der Waals surface area contributed by atoms with Gasteiger partial charge in [0.25, 0.3) is 0 Å². The second-order valence-corrected chi connectivity index (χ2v) is 4.41. The molecule has 0 spiro atoms. The number of hydrogen-bond donors (Lipinski definition) is 2. The molecule has 0 fully saturated rings. The monoisotopic (exact) mass is 186 g/mol. The fourth-order valence-corrected chi connectivity index (χ4v) is 1.43. The molecule has 0 saturated carbocycles. The predicted molar refractivity (Wildman–Crippen MR) is 59.9 cm³/mol. The molecule has 0 aromatic carbocycles. The Morgan fingerprint density at radius 1 is 1.15 bits per heavy atom. The lowest BCUT2D eigenvalue weighted by atomic mass is 9.96. The Balaban J connectivity index is 3.42. The van der Waals surface area contributed by atoms with Crippen LogP contribution in [0, 0.1) is 0 Å². The van der Waals surface area contributed by atoms with Crippen molar-refractivity contribution in [1.82, 2.24) is 5.32 Å². The zero-order valence-corrected chi connectivity index (χ0v) is 9.53. The number of rotatable bonds is 8. The average Bonchev–Trinajstić information content (AvgIpc) is 2.05. The van der Waals surface area contributed by atoms with Gasteiger partial charge in [0.15, 0.2) is 0 Å². The molecule has 2 nitrogen and oxygen atoms in total. The van der Waals surface area contributed by atoms with E-state index in [4.69, 9.17) is 5.73 Å². The molecule has 0 bridgehead atoms. The highest BCUT2D eigenvalue weighted by atomic mass is 14.9. The van der Waals surface area contributed by atoms with E-state index in [-0.39, 0.29) is 0 Å². The van der Waals surface area contributed by atoms with Gasteiger partial charge in [0.05, 0.1) is 0 Å². The summed E-state index contributed by atoms with van der Waals surface area (Å²) in [5.41, 5.74) is 5.74. The van der Waals surface area contributed by atoms with Gasteiger partial charge in [-0.1, -0.05) is 26.2 Å². The van der Waals surface area contributed by atoms with Crippen LogP contribution in [-0.2, 0) is 0 Å². The molecule has 0 aliphatic heterocycles. The Hall–Kier alpha value is -0.0800. The highest BCUT2D eigenvalue weighted by Gasteiger charge is 2.14. The SMILES string of the molecule is CCCCCC(C)(C)NCCCN. The third-order valence-corrected chi connectivity index (χ3v) is 2.39. The molecule has 0 rings (SSSR count). The maximum absolute atomic E-state index is 5.44. The Morgan fingerprint density at radius 3 is 2.38 bits per heavy atom. The number of nitrogens with one attached hydrogen (secondary N) is 1. The molecule has 0 saturated heterocycles. The van der Waals surface area contributed by atoms with Gasteiger partial charge in [0, 0.05) is 5.54 Å². The lowest BCUT2D eigenvalue weighted by Gasteiger charge is -2.26. The summed E-state index contributed by atoms with van der Waals surface area (Å²) >= 11 is 0. The fourth-order valence-electron chi connectivity index (χ4n) is 1.43. The lowest BCUT2D eigenvalue weighted by molar-refractivity contribution is 0.348. The van der Waals surface area contributed by atoms with Gasteiger partial charge in [-0.15, -0.1) is 0 Å². The second kappa shape index (κ2) is 7.34. The number of nitrogens with two attached hydrogens (primary N) is 1. The van der Waals surface area contributed by atoms with E-state index in [9.17, 15) is 0 Å². The third-order valence-electron chi connectivity index (χ3n) is 2.39. The molecule has 80 valence electrons. The van der Waals surface area contributed by atoms with Crippen LogP contribution >= 0.6 is 0 Å². The van der Waals surface area contributed by atoms with E-state index in [0.717, 1.165) is 19.5 Å². The Kier molecular flexibility index (Phi) is 7.29. The van der Waals surface area contributed by atoms with E-state index < -0.39 is 0 Å². The van der Waals surface area contributed by atoms with Gasteiger partial charge >= 0.3 is 0 Å². The van der Waals surface area contributed by atoms with Crippen LogP contribution in [0.25, 0.3) is 0 Å². The quantitative estimate of drug-likeness (QED) is 0.571. The first-order valence-corrected chi connectivity index (χ1v) is 5.57. The zero-order chi connectivity index (χ0) is 10.2. The summed E-state index contributed by atoms with van der Waals surface area (Å²) in [4.78, 5) is 0. The number of unbranched alkanes of at least 4 members (excludes halogenated alkanes) is 2. The Bertz CT molecular complexity index is 98.7. The van der Waals surface area contributed by atoms with Gasteiger partial charge in [0.1, 0.15) is 0 Å². The summed E-state index contributed by atoms with van der Waals surface area (Å²) in [7, 11) is 0. The first-order chi connectivity index (χ1) is 6.12. The molecule has 3 N–H and O–H groups in total. The van der Waals surface area contributed by atoms with Gasteiger partial charge in [0.2, 0.25) is 0 Å².